The molecule has 2 fully saturated rings. The normalized spacial score (nSPS) is 32.6. The van der Waals surface area contributed by atoms with E-state index in [1.54, 1.807) is 0 Å². The molecule has 2 aliphatic rings. The van der Waals surface area contributed by atoms with E-state index in [1.165, 1.54) is 57.8 Å². The Morgan fingerprint density at radius 3 is 2.56 bits per heavy atom. The van der Waals surface area contributed by atoms with Crippen molar-refractivity contribution in [1.82, 2.24) is 5.32 Å². The summed E-state index contributed by atoms with van der Waals surface area (Å²) in [6.07, 6.45) is 13.3. The molecule has 1 N–H and O–H groups in total. The molecule has 0 amide bonds. The van der Waals surface area contributed by atoms with Gasteiger partial charge in [-0.15, -0.1) is 0 Å². The van der Waals surface area contributed by atoms with Crippen molar-refractivity contribution >= 4 is 0 Å². The summed E-state index contributed by atoms with van der Waals surface area (Å²) in [7, 11) is 2.17. The zero-order chi connectivity index (χ0) is 11.4. The third-order valence-corrected chi connectivity index (χ3v) is 4.92. The average Bonchev–Trinajstić information content (AvgIpc) is 3.14. The van der Waals surface area contributed by atoms with E-state index in [0.29, 0.717) is 0 Å². The third-order valence-electron chi connectivity index (χ3n) is 4.92. The van der Waals surface area contributed by atoms with Crippen LogP contribution in [0, 0.1) is 17.8 Å². The summed E-state index contributed by atoms with van der Waals surface area (Å²) in [6, 6.07) is 0.815. The smallest absolute Gasteiger partial charge is 0.00925 e. The molecular weight excluding hydrogens is 194 g/mol. The van der Waals surface area contributed by atoms with Crippen molar-refractivity contribution in [2.75, 3.05) is 7.05 Å². The Balaban J connectivity index is 1.76. The van der Waals surface area contributed by atoms with Crippen LogP contribution in [0.5, 0.6) is 0 Å². The van der Waals surface area contributed by atoms with Crippen molar-refractivity contribution in [3.05, 3.63) is 0 Å². The molecule has 0 spiro atoms. The molecule has 0 aromatic rings. The summed E-state index contributed by atoms with van der Waals surface area (Å²) in [5.74, 6) is 3.10. The van der Waals surface area contributed by atoms with Crippen molar-refractivity contribution in [3.8, 4) is 0 Å². The highest BCUT2D eigenvalue weighted by molar-refractivity contribution is 4.84. The van der Waals surface area contributed by atoms with Gasteiger partial charge >= 0.3 is 0 Å². The molecule has 0 bridgehead atoms. The lowest BCUT2D eigenvalue weighted by Crippen LogP contribution is -2.36. The molecule has 3 atom stereocenters. The summed E-state index contributed by atoms with van der Waals surface area (Å²) in [5.41, 5.74) is 0. The van der Waals surface area contributed by atoms with Crippen molar-refractivity contribution < 1.29 is 0 Å². The van der Waals surface area contributed by atoms with E-state index in [1.807, 2.05) is 0 Å². The predicted octanol–water partition coefficient (Wildman–Crippen LogP) is 3.98. The van der Waals surface area contributed by atoms with Gasteiger partial charge in [0.1, 0.15) is 0 Å². The SMILES string of the molecule is CCC1CCCC(C(CCC2CC2)NC)C1. The highest BCUT2D eigenvalue weighted by Gasteiger charge is 2.29. The zero-order valence-electron chi connectivity index (χ0n) is 11.2. The fourth-order valence-corrected chi connectivity index (χ4v) is 3.51. The molecule has 0 aliphatic heterocycles. The van der Waals surface area contributed by atoms with Gasteiger partial charge in [0.2, 0.25) is 0 Å². The molecule has 0 radical (unpaired) electrons. The summed E-state index contributed by atoms with van der Waals surface area (Å²) < 4.78 is 0. The van der Waals surface area contributed by atoms with Crippen LogP contribution in [0.25, 0.3) is 0 Å². The molecule has 1 heteroatoms. The summed E-state index contributed by atoms with van der Waals surface area (Å²) >= 11 is 0. The van der Waals surface area contributed by atoms with Crippen molar-refractivity contribution in [1.29, 1.82) is 0 Å². The lowest BCUT2D eigenvalue weighted by Gasteiger charge is -2.34. The Hall–Kier alpha value is -0.0400. The number of hydrogen-bond donors (Lipinski definition) is 1. The minimum absolute atomic E-state index is 0.815. The van der Waals surface area contributed by atoms with Gasteiger partial charge in [-0.05, 0) is 50.5 Å². The van der Waals surface area contributed by atoms with Gasteiger partial charge < -0.3 is 5.32 Å². The van der Waals surface area contributed by atoms with Gasteiger partial charge in [0, 0.05) is 6.04 Å². The van der Waals surface area contributed by atoms with Crippen LogP contribution in [0.15, 0.2) is 0 Å². The summed E-state index contributed by atoms with van der Waals surface area (Å²) in [5, 5.41) is 3.60. The highest BCUT2D eigenvalue weighted by atomic mass is 14.9. The fourth-order valence-electron chi connectivity index (χ4n) is 3.51. The minimum atomic E-state index is 0.815. The van der Waals surface area contributed by atoms with Gasteiger partial charge in [-0.1, -0.05) is 39.0 Å². The van der Waals surface area contributed by atoms with Gasteiger partial charge in [-0.3, -0.25) is 0 Å². The molecular formula is C15H29N. The molecule has 2 aliphatic carbocycles. The monoisotopic (exact) mass is 223 g/mol. The van der Waals surface area contributed by atoms with Gasteiger partial charge in [-0.25, -0.2) is 0 Å². The first kappa shape index (κ1) is 12.4. The second kappa shape index (κ2) is 6.05. The predicted molar refractivity (Wildman–Crippen MR) is 70.5 cm³/mol. The molecule has 2 saturated carbocycles. The number of nitrogens with one attached hydrogen (secondary N) is 1. The van der Waals surface area contributed by atoms with Crippen molar-refractivity contribution in [3.63, 3.8) is 0 Å². The highest BCUT2D eigenvalue weighted by Crippen LogP contribution is 2.37. The Labute approximate surface area is 101 Å². The van der Waals surface area contributed by atoms with Crippen molar-refractivity contribution in [2.24, 2.45) is 17.8 Å². The molecule has 3 unspecified atom stereocenters. The van der Waals surface area contributed by atoms with E-state index in [0.717, 1.165) is 23.8 Å². The lowest BCUT2D eigenvalue weighted by molar-refractivity contribution is 0.204. The first-order chi connectivity index (χ1) is 7.83. The van der Waals surface area contributed by atoms with Crippen LogP contribution in [0.4, 0.5) is 0 Å². The number of rotatable bonds is 6. The van der Waals surface area contributed by atoms with Crippen LogP contribution in [-0.2, 0) is 0 Å². The van der Waals surface area contributed by atoms with Crippen molar-refractivity contribution in [2.45, 2.75) is 70.8 Å². The van der Waals surface area contributed by atoms with E-state index in [-0.39, 0.29) is 0 Å². The minimum Gasteiger partial charge on any atom is -0.317 e. The zero-order valence-corrected chi connectivity index (χ0v) is 11.2. The van der Waals surface area contributed by atoms with Crippen LogP contribution in [0.1, 0.15) is 64.7 Å². The van der Waals surface area contributed by atoms with Gasteiger partial charge in [0.25, 0.3) is 0 Å². The molecule has 0 aromatic carbocycles. The maximum Gasteiger partial charge on any atom is 0.00925 e. The maximum absolute atomic E-state index is 3.60. The summed E-state index contributed by atoms with van der Waals surface area (Å²) in [4.78, 5) is 0. The average molecular weight is 223 g/mol. The molecule has 0 heterocycles. The summed E-state index contributed by atoms with van der Waals surface area (Å²) in [6.45, 7) is 2.37. The van der Waals surface area contributed by atoms with Crippen LogP contribution in [-0.4, -0.2) is 13.1 Å². The van der Waals surface area contributed by atoms with E-state index in [4.69, 9.17) is 0 Å². The Morgan fingerprint density at radius 1 is 1.12 bits per heavy atom. The van der Waals surface area contributed by atoms with E-state index in [9.17, 15) is 0 Å². The second-order valence-corrected chi connectivity index (χ2v) is 6.12. The van der Waals surface area contributed by atoms with Crippen LogP contribution >= 0.6 is 0 Å². The topological polar surface area (TPSA) is 12.0 Å². The van der Waals surface area contributed by atoms with Crippen LogP contribution in [0.3, 0.4) is 0 Å². The third kappa shape index (κ3) is 3.48. The lowest BCUT2D eigenvalue weighted by atomic mass is 9.76. The molecule has 2 rings (SSSR count). The maximum atomic E-state index is 3.60. The van der Waals surface area contributed by atoms with Crippen LogP contribution in [0.2, 0.25) is 0 Å². The Bertz CT molecular complexity index is 198. The van der Waals surface area contributed by atoms with Crippen LogP contribution < -0.4 is 5.32 Å². The van der Waals surface area contributed by atoms with E-state index >= 15 is 0 Å². The standard InChI is InChI=1S/C15H29N/c1-3-12-5-4-6-14(11-12)15(16-2)10-9-13-7-8-13/h12-16H,3-11H2,1-2H3. The van der Waals surface area contributed by atoms with Gasteiger partial charge in [-0.2, -0.15) is 0 Å². The first-order valence-corrected chi connectivity index (χ1v) is 7.50. The fraction of sp³-hybridized carbons (Fsp3) is 1.00. The van der Waals surface area contributed by atoms with Gasteiger partial charge in [0.05, 0.1) is 0 Å². The number of hydrogen-bond acceptors (Lipinski definition) is 1. The molecule has 16 heavy (non-hydrogen) atoms. The Morgan fingerprint density at radius 2 is 1.94 bits per heavy atom. The van der Waals surface area contributed by atoms with Gasteiger partial charge in [0.15, 0.2) is 0 Å². The van der Waals surface area contributed by atoms with E-state index < -0.39 is 0 Å². The molecule has 0 saturated heterocycles. The molecule has 1 nitrogen and oxygen atoms in total. The second-order valence-electron chi connectivity index (χ2n) is 6.12. The quantitative estimate of drug-likeness (QED) is 0.718. The van der Waals surface area contributed by atoms with E-state index in [2.05, 4.69) is 19.3 Å². The molecule has 0 aromatic heterocycles. The molecule has 94 valence electrons. The Kier molecular flexibility index (Phi) is 4.69. The largest absolute Gasteiger partial charge is 0.317 e. The first-order valence-electron chi connectivity index (χ1n) is 7.50.